The van der Waals surface area contributed by atoms with E-state index in [1.165, 1.54) is 30.3 Å². The van der Waals surface area contributed by atoms with Gasteiger partial charge in [0.05, 0.1) is 17.7 Å². The zero-order chi connectivity index (χ0) is 15.4. The van der Waals surface area contributed by atoms with Gasteiger partial charge < -0.3 is 5.32 Å². The Hall–Kier alpha value is -2.74. The van der Waals surface area contributed by atoms with Crippen molar-refractivity contribution in [3.05, 3.63) is 70.8 Å². The number of halogens is 2. The van der Waals surface area contributed by atoms with Crippen LogP contribution in [0.3, 0.4) is 0 Å². The maximum absolute atomic E-state index is 13.6. The van der Waals surface area contributed by atoms with Gasteiger partial charge in [-0.3, -0.25) is 4.79 Å². The average Bonchev–Trinajstić information content (AvgIpc) is 2.47. The lowest BCUT2D eigenvalue weighted by molar-refractivity contribution is 0.0939. The molecule has 0 bridgehead atoms. The molecule has 1 unspecified atom stereocenters. The summed E-state index contributed by atoms with van der Waals surface area (Å²) < 4.78 is 26.5. The zero-order valence-corrected chi connectivity index (χ0v) is 11.2. The fourth-order valence-corrected chi connectivity index (χ4v) is 1.91. The second-order valence-electron chi connectivity index (χ2n) is 4.55. The highest BCUT2D eigenvalue weighted by atomic mass is 19.1. The molecule has 0 saturated carbocycles. The Morgan fingerprint density at radius 2 is 1.86 bits per heavy atom. The van der Waals surface area contributed by atoms with Gasteiger partial charge in [-0.15, -0.1) is 0 Å². The minimum atomic E-state index is -0.706. The van der Waals surface area contributed by atoms with E-state index < -0.39 is 23.6 Å². The zero-order valence-electron chi connectivity index (χ0n) is 11.2. The monoisotopic (exact) mass is 286 g/mol. The topological polar surface area (TPSA) is 52.9 Å². The molecular formula is C16H12F2N2O. The number of nitriles is 1. The van der Waals surface area contributed by atoms with Crippen molar-refractivity contribution in [1.82, 2.24) is 5.32 Å². The number of benzene rings is 2. The fraction of sp³-hybridized carbons (Fsp3) is 0.125. The largest absolute Gasteiger partial charge is 0.345 e. The lowest BCUT2D eigenvalue weighted by Gasteiger charge is -2.15. The molecule has 0 heterocycles. The molecule has 106 valence electrons. The van der Waals surface area contributed by atoms with Crippen molar-refractivity contribution in [2.75, 3.05) is 0 Å². The summed E-state index contributed by atoms with van der Waals surface area (Å²) in [6, 6.07) is 10.7. The van der Waals surface area contributed by atoms with E-state index in [1.807, 2.05) is 6.07 Å². The van der Waals surface area contributed by atoms with Gasteiger partial charge in [0, 0.05) is 17.2 Å². The molecule has 5 heteroatoms. The van der Waals surface area contributed by atoms with E-state index in [4.69, 9.17) is 5.26 Å². The van der Waals surface area contributed by atoms with Crippen LogP contribution < -0.4 is 5.32 Å². The maximum atomic E-state index is 13.6. The number of hydrogen-bond donors (Lipinski definition) is 1. The molecule has 0 aliphatic heterocycles. The molecule has 3 nitrogen and oxygen atoms in total. The molecule has 0 fully saturated rings. The van der Waals surface area contributed by atoms with Crippen LogP contribution in [0.1, 0.15) is 34.5 Å². The number of rotatable bonds is 3. The molecule has 0 aliphatic rings. The molecule has 0 saturated heterocycles. The standard InChI is InChI=1S/C16H12F2N2O/c1-10(14-7-6-13(17)8-15(14)18)20-16(21)12-4-2-11(9-19)3-5-12/h2-8,10H,1H3,(H,20,21). The van der Waals surface area contributed by atoms with Gasteiger partial charge in [-0.05, 0) is 37.3 Å². The van der Waals surface area contributed by atoms with Gasteiger partial charge >= 0.3 is 0 Å². The van der Waals surface area contributed by atoms with Crippen molar-refractivity contribution in [2.45, 2.75) is 13.0 Å². The highest BCUT2D eigenvalue weighted by Gasteiger charge is 2.15. The minimum absolute atomic E-state index is 0.207. The van der Waals surface area contributed by atoms with Gasteiger partial charge in [-0.1, -0.05) is 6.07 Å². The van der Waals surface area contributed by atoms with E-state index in [-0.39, 0.29) is 5.56 Å². The third-order valence-corrected chi connectivity index (χ3v) is 3.05. The molecule has 0 spiro atoms. The van der Waals surface area contributed by atoms with Crippen LogP contribution in [0.2, 0.25) is 0 Å². The Morgan fingerprint density at radius 1 is 1.19 bits per heavy atom. The summed E-state index contributed by atoms with van der Waals surface area (Å²) in [5, 5.41) is 11.3. The molecule has 1 amide bonds. The van der Waals surface area contributed by atoms with Crippen LogP contribution in [0.15, 0.2) is 42.5 Å². The van der Waals surface area contributed by atoms with Crippen LogP contribution in [-0.2, 0) is 0 Å². The summed E-state index contributed by atoms with van der Waals surface area (Å²) in [4.78, 5) is 12.0. The second-order valence-corrected chi connectivity index (χ2v) is 4.55. The predicted molar refractivity (Wildman–Crippen MR) is 73.4 cm³/mol. The molecule has 1 atom stereocenters. The lowest BCUT2D eigenvalue weighted by atomic mass is 10.1. The molecule has 2 rings (SSSR count). The lowest BCUT2D eigenvalue weighted by Crippen LogP contribution is -2.27. The normalized spacial score (nSPS) is 11.5. The molecule has 1 N–H and O–H groups in total. The van der Waals surface area contributed by atoms with Crippen molar-refractivity contribution in [2.24, 2.45) is 0 Å². The first-order valence-corrected chi connectivity index (χ1v) is 6.27. The summed E-state index contributed by atoms with van der Waals surface area (Å²) >= 11 is 0. The first-order valence-electron chi connectivity index (χ1n) is 6.27. The van der Waals surface area contributed by atoms with Crippen LogP contribution in [0.4, 0.5) is 8.78 Å². The Morgan fingerprint density at radius 3 is 2.43 bits per heavy atom. The summed E-state index contributed by atoms with van der Waals surface area (Å²) in [5.41, 5.74) is 1.02. The molecule has 0 radical (unpaired) electrons. The molecule has 2 aromatic carbocycles. The van der Waals surface area contributed by atoms with Crippen molar-refractivity contribution < 1.29 is 13.6 Å². The van der Waals surface area contributed by atoms with Crippen molar-refractivity contribution in [3.8, 4) is 6.07 Å². The second kappa shape index (κ2) is 6.14. The fourth-order valence-electron chi connectivity index (χ4n) is 1.91. The van der Waals surface area contributed by atoms with Gasteiger partial charge in [0.25, 0.3) is 5.91 Å². The number of amides is 1. The van der Waals surface area contributed by atoms with Crippen LogP contribution in [0.25, 0.3) is 0 Å². The van der Waals surface area contributed by atoms with Crippen LogP contribution >= 0.6 is 0 Å². The SMILES string of the molecule is CC(NC(=O)c1ccc(C#N)cc1)c1ccc(F)cc1F. The number of carbonyl (C=O) groups excluding carboxylic acids is 1. The van der Waals surface area contributed by atoms with Gasteiger partial charge in [0.1, 0.15) is 11.6 Å². The Kier molecular flexibility index (Phi) is 4.29. The molecule has 0 aliphatic carbocycles. The number of carbonyl (C=O) groups is 1. The molecular weight excluding hydrogens is 274 g/mol. The van der Waals surface area contributed by atoms with Crippen LogP contribution in [0, 0.1) is 23.0 Å². The Bertz CT molecular complexity index is 705. The van der Waals surface area contributed by atoms with E-state index in [9.17, 15) is 13.6 Å². The Balaban J connectivity index is 2.13. The van der Waals surface area contributed by atoms with Gasteiger partial charge in [0.15, 0.2) is 0 Å². The number of hydrogen-bond acceptors (Lipinski definition) is 2. The predicted octanol–water partition coefficient (Wildman–Crippen LogP) is 3.33. The number of nitrogens with zero attached hydrogens (tertiary/aromatic N) is 1. The van der Waals surface area contributed by atoms with Crippen molar-refractivity contribution in [1.29, 1.82) is 5.26 Å². The highest BCUT2D eigenvalue weighted by molar-refractivity contribution is 5.94. The molecule has 0 aromatic heterocycles. The number of nitrogens with one attached hydrogen (secondary N) is 1. The van der Waals surface area contributed by atoms with E-state index >= 15 is 0 Å². The van der Waals surface area contributed by atoms with E-state index in [2.05, 4.69) is 5.32 Å². The minimum Gasteiger partial charge on any atom is -0.345 e. The van der Waals surface area contributed by atoms with Crippen molar-refractivity contribution in [3.63, 3.8) is 0 Å². The van der Waals surface area contributed by atoms with Crippen LogP contribution in [-0.4, -0.2) is 5.91 Å². The van der Waals surface area contributed by atoms with Gasteiger partial charge in [-0.25, -0.2) is 8.78 Å². The van der Waals surface area contributed by atoms with Crippen molar-refractivity contribution >= 4 is 5.91 Å². The summed E-state index contributed by atoms with van der Waals surface area (Å²) in [7, 11) is 0. The maximum Gasteiger partial charge on any atom is 0.251 e. The quantitative estimate of drug-likeness (QED) is 0.941. The van der Waals surface area contributed by atoms with Gasteiger partial charge in [-0.2, -0.15) is 5.26 Å². The van der Waals surface area contributed by atoms with E-state index in [1.54, 1.807) is 6.92 Å². The average molecular weight is 286 g/mol. The van der Waals surface area contributed by atoms with Crippen LogP contribution in [0.5, 0.6) is 0 Å². The highest BCUT2D eigenvalue weighted by Crippen LogP contribution is 2.18. The first-order chi connectivity index (χ1) is 10.0. The van der Waals surface area contributed by atoms with E-state index in [0.717, 1.165) is 12.1 Å². The summed E-state index contributed by atoms with van der Waals surface area (Å²) in [5.74, 6) is -1.76. The summed E-state index contributed by atoms with van der Waals surface area (Å²) in [6.07, 6.45) is 0. The third-order valence-electron chi connectivity index (χ3n) is 3.05. The summed E-state index contributed by atoms with van der Waals surface area (Å²) in [6.45, 7) is 1.61. The van der Waals surface area contributed by atoms with Gasteiger partial charge in [0.2, 0.25) is 0 Å². The molecule has 2 aromatic rings. The van der Waals surface area contributed by atoms with E-state index in [0.29, 0.717) is 11.1 Å². The smallest absolute Gasteiger partial charge is 0.251 e. The Labute approximate surface area is 120 Å². The third kappa shape index (κ3) is 3.42. The molecule has 21 heavy (non-hydrogen) atoms. The first kappa shape index (κ1) is 14.7.